The lowest BCUT2D eigenvalue weighted by Crippen LogP contribution is -2.46. The van der Waals surface area contributed by atoms with Crippen molar-refractivity contribution >= 4 is 11.9 Å². The van der Waals surface area contributed by atoms with Gasteiger partial charge in [-0.1, -0.05) is 55.5 Å². The molecular formula is C23H30N2S. The summed E-state index contributed by atoms with van der Waals surface area (Å²) in [6.45, 7) is 7.43. The minimum absolute atomic E-state index is 0.809. The first kappa shape index (κ1) is 18.1. The van der Waals surface area contributed by atoms with Crippen molar-refractivity contribution in [2.24, 2.45) is 5.92 Å². The molecule has 2 aliphatic rings. The molecule has 0 atom stereocenters. The normalized spacial score (nSPS) is 21.1. The van der Waals surface area contributed by atoms with E-state index in [2.05, 4.69) is 70.7 Å². The predicted molar refractivity (Wildman–Crippen MR) is 112 cm³/mol. The van der Waals surface area contributed by atoms with Crippen LogP contribution in [0.4, 0.5) is 0 Å². The third-order valence-corrected chi connectivity index (χ3v) is 7.13. The van der Waals surface area contributed by atoms with Gasteiger partial charge in [0, 0.05) is 24.0 Å². The Morgan fingerprint density at radius 3 is 2.15 bits per heavy atom. The Morgan fingerprint density at radius 1 is 0.769 bits per heavy atom. The van der Waals surface area contributed by atoms with Crippen molar-refractivity contribution in [3.05, 3.63) is 54.6 Å². The molecule has 2 fully saturated rings. The van der Waals surface area contributed by atoms with Crippen LogP contribution in [0.25, 0.3) is 11.1 Å². The van der Waals surface area contributed by atoms with E-state index in [1.165, 1.54) is 67.9 Å². The Kier molecular flexibility index (Phi) is 5.98. The van der Waals surface area contributed by atoms with Crippen LogP contribution < -0.4 is 0 Å². The first-order valence-electron chi connectivity index (χ1n) is 10.1. The monoisotopic (exact) mass is 366 g/mol. The molecule has 0 unspecified atom stereocenters. The van der Waals surface area contributed by atoms with Crippen molar-refractivity contribution in [3.8, 4) is 11.1 Å². The lowest BCUT2D eigenvalue weighted by atomic mass is 9.95. The number of hydrogen-bond acceptors (Lipinski definition) is 3. The van der Waals surface area contributed by atoms with E-state index in [4.69, 9.17) is 0 Å². The van der Waals surface area contributed by atoms with Crippen LogP contribution in [-0.2, 0) is 0 Å². The minimum atomic E-state index is 0.809. The smallest absolute Gasteiger partial charge is 0.0308 e. The third kappa shape index (κ3) is 4.33. The zero-order valence-electron chi connectivity index (χ0n) is 15.8. The maximum atomic E-state index is 2.76. The van der Waals surface area contributed by atoms with Crippen LogP contribution in [0, 0.1) is 5.92 Å². The summed E-state index contributed by atoms with van der Waals surface area (Å²) >= 11 is 1.95. The fourth-order valence-electron chi connectivity index (χ4n) is 4.23. The number of likely N-dealkylation sites (tertiary alicyclic amines) is 1. The van der Waals surface area contributed by atoms with Gasteiger partial charge in [-0.2, -0.15) is 0 Å². The SMILES string of the molecule is CC1CCN(C2CCN(Sc3ccccc3-c3ccccc3)CC2)CC1. The highest BCUT2D eigenvalue weighted by atomic mass is 32.2. The number of benzene rings is 2. The molecule has 0 radical (unpaired) electrons. The summed E-state index contributed by atoms with van der Waals surface area (Å²) in [5.41, 5.74) is 2.66. The number of rotatable bonds is 4. The molecule has 0 aromatic heterocycles. The molecule has 3 heteroatoms. The van der Waals surface area contributed by atoms with Gasteiger partial charge in [-0.15, -0.1) is 0 Å². The standard InChI is InChI=1S/C23H30N2S/c1-19-11-15-24(16-12-19)21-13-17-25(18-14-21)26-23-10-6-5-9-22(23)20-7-3-2-4-8-20/h2-10,19,21H,11-18H2,1H3. The van der Waals surface area contributed by atoms with Crippen molar-refractivity contribution in [2.45, 2.75) is 43.5 Å². The summed E-state index contributed by atoms with van der Waals surface area (Å²) in [5.74, 6) is 0.927. The van der Waals surface area contributed by atoms with Gasteiger partial charge in [0.05, 0.1) is 0 Å². The van der Waals surface area contributed by atoms with Gasteiger partial charge in [-0.3, -0.25) is 0 Å². The molecular weight excluding hydrogens is 336 g/mol. The van der Waals surface area contributed by atoms with Crippen molar-refractivity contribution in [1.29, 1.82) is 0 Å². The highest BCUT2D eigenvalue weighted by Crippen LogP contribution is 2.35. The maximum absolute atomic E-state index is 2.76. The molecule has 2 aromatic rings. The predicted octanol–water partition coefficient (Wildman–Crippen LogP) is 5.56. The molecule has 2 heterocycles. The van der Waals surface area contributed by atoms with Gasteiger partial charge in [0.1, 0.15) is 0 Å². The van der Waals surface area contributed by atoms with Gasteiger partial charge in [0.15, 0.2) is 0 Å². The largest absolute Gasteiger partial charge is 0.300 e. The van der Waals surface area contributed by atoms with Crippen LogP contribution in [0.15, 0.2) is 59.5 Å². The van der Waals surface area contributed by atoms with E-state index in [0.29, 0.717) is 0 Å². The summed E-state index contributed by atoms with van der Waals surface area (Å²) in [6.07, 6.45) is 5.41. The van der Waals surface area contributed by atoms with Crippen molar-refractivity contribution in [2.75, 3.05) is 26.2 Å². The van der Waals surface area contributed by atoms with Crippen LogP contribution >= 0.6 is 11.9 Å². The summed E-state index contributed by atoms with van der Waals surface area (Å²) in [5, 5.41) is 0. The molecule has 2 aliphatic heterocycles. The Hall–Kier alpha value is -1.29. The molecule has 0 amide bonds. The van der Waals surface area contributed by atoms with E-state index >= 15 is 0 Å². The fourth-order valence-corrected chi connectivity index (χ4v) is 5.33. The molecule has 138 valence electrons. The maximum Gasteiger partial charge on any atom is 0.0308 e. The molecule has 0 bridgehead atoms. The van der Waals surface area contributed by atoms with E-state index in [1.807, 2.05) is 11.9 Å². The summed E-state index contributed by atoms with van der Waals surface area (Å²) < 4.78 is 2.57. The average Bonchev–Trinajstić information content (AvgIpc) is 2.70. The molecule has 0 spiro atoms. The summed E-state index contributed by atoms with van der Waals surface area (Å²) in [7, 11) is 0. The zero-order valence-corrected chi connectivity index (χ0v) is 16.6. The lowest BCUT2D eigenvalue weighted by molar-refractivity contribution is 0.103. The molecule has 0 N–H and O–H groups in total. The minimum Gasteiger partial charge on any atom is -0.300 e. The molecule has 0 saturated carbocycles. The van der Waals surface area contributed by atoms with Gasteiger partial charge < -0.3 is 4.90 Å². The summed E-state index contributed by atoms with van der Waals surface area (Å²) in [4.78, 5) is 4.14. The van der Waals surface area contributed by atoms with Crippen molar-refractivity contribution in [1.82, 2.24) is 9.21 Å². The van der Waals surface area contributed by atoms with Crippen LogP contribution in [-0.4, -0.2) is 41.4 Å². The Bertz CT molecular complexity index is 686. The van der Waals surface area contributed by atoms with Crippen LogP contribution in [0.5, 0.6) is 0 Å². The van der Waals surface area contributed by atoms with Gasteiger partial charge in [0.25, 0.3) is 0 Å². The average molecular weight is 367 g/mol. The van der Waals surface area contributed by atoms with E-state index in [9.17, 15) is 0 Å². The highest BCUT2D eigenvalue weighted by molar-refractivity contribution is 7.97. The molecule has 4 rings (SSSR count). The second-order valence-electron chi connectivity index (χ2n) is 7.83. The Labute approximate surface area is 162 Å². The third-order valence-electron chi connectivity index (χ3n) is 5.96. The first-order chi connectivity index (χ1) is 12.8. The number of piperidine rings is 2. The Morgan fingerprint density at radius 2 is 1.42 bits per heavy atom. The topological polar surface area (TPSA) is 6.48 Å². The van der Waals surface area contributed by atoms with Crippen LogP contribution in [0.2, 0.25) is 0 Å². The molecule has 2 nitrogen and oxygen atoms in total. The highest BCUT2D eigenvalue weighted by Gasteiger charge is 2.27. The molecule has 0 aliphatic carbocycles. The Balaban J connectivity index is 1.37. The van der Waals surface area contributed by atoms with Gasteiger partial charge in [-0.05, 0) is 73.8 Å². The van der Waals surface area contributed by atoms with E-state index in [-0.39, 0.29) is 0 Å². The zero-order chi connectivity index (χ0) is 17.8. The lowest BCUT2D eigenvalue weighted by Gasteiger charge is -2.41. The fraction of sp³-hybridized carbons (Fsp3) is 0.478. The van der Waals surface area contributed by atoms with E-state index in [0.717, 1.165) is 12.0 Å². The quantitative estimate of drug-likeness (QED) is 0.654. The van der Waals surface area contributed by atoms with Crippen molar-refractivity contribution < 1.29 is 0 Å². The second-order valence-corrected chi connectivity index (χ2v) is 8.97. The molecule has 26 heavy (non-hydrogen) atoms. The summed E-state index contributed by atoms with van der Waals surface area (Å²) in [6, 6.07) is 20.4. The van der Waals surface area contributed by atoms with Crippen LogP contribution in [0.1, 0.15) is 32.6 Å². The first-order valence-corrected chi connectivity index (χ1v) is 10.9. The molecule has 2 aromatic carbocycles. The van der Waals surface area contributed by atoms with Gasteiger partial charge in [-0.25, -0.2) is 4.31 Å². The van der Waals surface area contributed by atoms with E-state index in [1.54, 1.807) is 0 Å². The van der Waals surface area contributed by atoms with Gasteiger partial charge in [0.2, 0.25) is 0 Å². The number of hydrogen-bond donors (Lipinski definition) is 0. The van der Waals surface area contributed by atoms with E-state index < -0.39 is 0 Å². The van der Waals surface area contributed by atoms with Gasteiger partial charge >= 0.3 is 0 Å². The number of nitrogens with zero attached hydrogens (tertiary/aromatic N) is 2. The van der Waals surface area contributed by atoms with Crippen molar-refractivity contribution in [3.63, 3.8) is 0 Å². The molecule has 2 saturated heterocycles. The second kappa shape index (κ2) is 8.60. The van der Waals surface area contributed by atoms with Crippen LogP contribution in [0.3, 0.4) is 0 Å².